The van der Waals surface area contributed by atoms with Crippen molar-refractivity contribution in [3.8, 4) is 5.75 Å². The van der Waals surface area contributed by atoms with Gasteiger partial charge in [0.1, 0.15) is 10.6 Å². The molecule has 5 heteroatoms. The summed E-state index contributed by atoms with van der Waals surface area (Å²) in [5, 5.41) is 9.46. The fraction of sp³-hybridized carbons (Fsp3) is 0.100. The van der Waals surface area contributed by atoms with Crippen molar-refractivity contribution in [1.82, 2.24) is 5.48 Å². The van der Waals surface area contributed by atoms with E-state index in [4.69, 9.17) is 9.94 Å². The van der Waals surface area contributed by atoms with E-state index in [1.165, 1.54) is 18.4 Å². The SMILES string of the molecule is COc1c(C(=O)NO)sc2ccccc12. The molecule has 1 amide bonds. The minimum atomic E-state index is -0.548. The summed E-state index contributed by atoms with van der Waals surface area (Å²) in [6.45, 7) is 0. The highest BCUT2D eigenvalue weighted by Crippen LogP contribution is 2.37. The lowest BCUT2D eigenvalue weighted by atomic mass is 10.2. The first kappa shape index (κ1) is 9.95. The van der Waals surface area contributed by atoms with Crippen LogP contribution in [0.15, 0.2) is 24.3 Å². The second kappa shape index (κ2) is 3.88. The molecule has 78 valence electrons. The third-order valence-electron chi connectivity index (χ3n) is 2.06. The number of nitrogens with one attached hydrogen (secondary N) is 1. The zero-order chi connectivity index (χ0) is 10.8. The Bertz CT molecular complexity index is 506. The predicted molar refractivity (Wildman–Crippen MR) is 57.6 cm³/mol. The molecule has 2 aromatic rings. The molecule has 0 atom stereocenters. The predicted octanol–water partition coefficient (Wildman–Crippen LogP) is 2.03. The van der Waals surface area contributed by atoms with Crippen molar-refractivity contribution in [3.05, 3.63) is 29.1 Å². The zero-order valence-electron chi connectivity index (χ0n) is 7.98. The van der Waals surface area contributed by atoms with E-state index in [-0.39, 0.29) is 0 Å². The van der Waals surface area contributed by atoms with E-state index < -0.39 is 5.91 Å². The van der Waals surface area contributed by atoms with E-state index in [1.54, 1.807) is 5.48 Å². The van der Waals surface area contributed by atoms with Crippen LogP contribution >= 0.6 is 11.3 Å². The molecule has 1 aromatic heterocycles. The maximum atomic E-state index is 11.3. The van der Waals surface area contributed by atoms with Crippen molar-refractivity contribution in [2.75, 3.05) is 7.11 Å². The van der Waals surface area contributed by atoms with Gasteiger partial charge >= 0.3 is 0 Å². The molecule has 2 rings (SSSR count). The maximum Gasteiger partial charge on any atom is 0.288 e. The molecular formula is C10H9NO3S. The van der Waals surface area contributed by atoms with E-state index in [0.29, 0.717) is 10.6 Å². The van der Waals surface area contributed by atoms with Gasteiger partial charge in [0.2, 0.25) is 0 Å². The van der Waals surface area contributed by atoms with E-state index in [1.807, 2.05) is 24.3 Å². The number of hydrogen-bond donors (Lipinski definition) is 2. The number of thiophene rings is 1. The monoisotopic (exact) mass is 223 g/mol. The van der Waals surface area contributed by atoms with Crippen molar-refractivity contribution < 1.29 is 14.7 Å². The summed E-state index contributed by atoms with van der Waals surface area (Å²) >= 11 is 1.28. The lowest BCUT2D eigenvalue weighted by Gasteiger charge is -2.00. The minimum absolute atomic E-state index is 0.376. The number of hydroxylamine groups is 1. The average molecular weight is 223 g/mol. The van der Waals surface area contributed by atoms with Crippen LogP contribution in [0.1, 0.15) is 9.67 Å². The molecule has 0 saturated carbocycles. The fourth-order valence-corrected chi connectivity index (χ4v) is 2.49. The van der Waals surface area contributed by atoms with Gasteiger partial charge in [-0.05, 0) is 12.1 Å². The second-order valence-corrected chi connectivity index (χ2v) is 3.95. The first-order valence-corrected chi connectivity index (χ1v) is 5.09. The quantitative estimate of drug-likeness (QED) is 0.605. The van der Waals surface area contributed by atoms with Gasteiger partial charge in [-0.25, -0.2) is 5.48 Å². The number of hydrogen-bond acceptors (Lipinski definition) is 4. The van der Waals surface area contributed by atoms with E-state index in [9.17, 15) is 4.79 Å². The molecule has 0 bridgehead atoms. The number of methoxy groups -OCH3 is 1. The molecule has 0 aliphatic heterocycles. The number of amides is 1. The van der Waals surface area contributed by atoms with Crippen molar-refractivity contribution in [3.63, 3.8) is 0 Å². The Labute approximate surface area is 90.1 Å². The summed E-state index contributed by atoms with van der Waals surface area (Å²) in [6, 6.07) is 7.53. The van der Waals surface area contributed by atoms with Gasteiger partial charge in [0.25, 0.3) is 5.91 Å². The first-order valence-electron chi connectivity index (χ1n) is 4.28. The summed E-state index contributed by atoms with van der Waals surface area (Å²) in [5.74, 6) is -0.0461. The molecule has 4 nitrogen and oxygen atoms in total. The van der Waals surface area contributed by atoms with Crippen LogP contribution < -0.4 is 10.2 Å². The van der Waals surface area contributed by atoms with Crippen LogP contribution in [0.5, 0.6) is 5.75 Å². The van der Waals surface area contributed by atoms with Crippen LogP contribution in [0.25, 0.3) is 10.1 Å². The Kier molecular flexibility index (Phi) is 2.57. The molecular weight excluding hydrogens is 214 g/mol. The van der Waals surface area contributed by atoms with E-state index in [0.717, 1.165) is 10.1 Å². The summed E-state index contributed by atoms with van der Waals surface area (Å²) in [4.78, 5) is 11.7. The Balaban J connectivity index is 2.69. The van der Waals surface area contributed by atoms with Gasteiger partial charge in [-0.3, -0.25) is 10.0 Å². The largest absolute Gasteiger partial charge is 0.494 e. The number of benzene rings is 1. The van der Waals surface area contributed by atoms with E-state index >= 15 is 0 Å². The van der Waals surface area contributed by atoms with Gasteiger partial charge in [-0.2, -0.15) is 0 Å². The molecule has 1 aromatic carbocycles. The molecule has 0 aliphatic rings. The molecule has 0 spiro atoms. The van der Waals surface area contributed by atoms with Gasteiger partial charge in [0.05, 0.1) is 7.11 Å². The van der Waals surface area contributed by atoms with Gasteiger partial charge in [0.15, 0.2) is 0 Å². The lowest BCUT2D eigenvalue weighted by molar-refractivity contribution is 0.0708. The highest BCUT2D eigenvalue weighted by Gasteiger charge is 2.18. The maximum absolute atomic E-state index is 11.3. The van der Waals surface area contributed by atoms with Gasteiger partial charge < -0.3 is 4.74 Å². The average Bonchev–Trinajstić information content (AvgIpc) is 2.66. The Hall–Kier alpha value is -1.59. The molecule has 0 saturated heterocycles. The molecule has 0 radical (unpaired) electrons. The molecule has 2 N–H and O–H groups in total. The Morgan fingerprint density at radius 3 is 2.87 bits per heavy atom. The number of carbonyl (C=O) groups is 1. The van der Waals surface area contributed by atoms with Crippen molar-refractivity contribution in [2.24, 2.45) is 0 Å². The Morgan fingerprint density at radius 2 is 2.20 bits per heavy atom. The summed E-state index contributed by atoms with van der Waals surface area (Å²) in [5.41, 5.74) is 1.61. The van der Waals surface area contributed by atoms with Crippen LogP contribution in [0.3, 0.4) is 0 Å². The van der Waals surface area contributed by atoms with Crippen LogP contribution in [0, 0.1) is 0 Å². The molecule has 0 aliphatic carbocycles. The molecule has 0 fully saturated rings. The number of ether oxygens (including phenoxy) is 1. The summed E-state index contributed by atoms with van der Waals surface area (Å²) in [6.07, 6.45) is 0. The van der Waals surface area contributed by atoms with E-state index in [2.05, 4.69) is 0 Å². The molecule has 15 heavy (non-hydrogen) atoms. The highest BCUT2D eigenvalue weighted by molar-refractivity contribution is 7.21. The van der Waals surface area contributed by atoms with Crippen LogP contribution in [0.2, 0.25) is 0 Å². The lowest BCUT2D eigenvalue weighted by Crippen LogP contribution is -2.17. The third-order valence-corrected chi connectivity index (χ3v) is 3.21. The van der Waals surface area contributed by atoms with Crippen molar-refractivity contribution in [2.45, 2.75) is 0 Å². The smallest absolute Gasteiger partial charge is 0.288 e. The second-order valence-electron chi connectivity index (χ2n) is 2.90. The standard InChI is InChI=1S/C10H9NO3S/c1-14-8-6-4-2-3-5-7(6)15-9(8)10(12)11-13/h2-5,13H,1H3,(H,11,12). The summed E-state index contributed by atoms with van der Waals surface area (Å²) < 4.78 is 6.11. The molecule has 0 unspecified atom stereocenters. The Morgan fingerprint density at radius 1 is 1.47 bits per heavy atom. The van der Waals surface area contributed by atoms with Crippen LogP contribution in [-0.2, 0) is 0 Å². The topological polar surface area (TPSA) is 58.6 Å². The van der Waals surface area contributed by atoms with Gasteiger partial charge in [-0.15, -0.1) is 11.3 Å². The third kappa shape index (κ3) is 1.55. The number of carbonyl (C=O) groups excluding carboxylic acids is 1. The number of rotatable bonds is 2. The van der Waals surface area contributed by atoms with Gasteiger partial charge in [-0.1, -0.05) is 12.1 Å². The summed E-state index contributed by atoms with van der Waals surface area (Å²) in [7, 11) is 1.50. The normalized spacial score (nSPS) is 10.3. The van der Waals surface area contributed by atoms with Crippen LogP contribution in [-0.4, -0.2) is 18.2 Å². The van der Waals surface area contributed by atoms with Crippen molar-refractivity contribution >= 4 is 27.3 Å². The van der Waals surface area contributed by atoms with Crippen molar-refractivity contribution in [1.29, 1.82) is 0 Å². The number of fused-ring (bicyclic) bond motifs is 1. The zero-order valence-corrected chi connectivity index (χ0v) is 8.80. The highest BCUT2D eigenvalue weighted by atomic mass is 32.1. The molecule has 1 heterocycles. The fourth-order valence-electron chi connectivity index (χ4n) is 1.42. The first-order chi connectivity index (χ1) is 7.27. The van der Waals surface area contributed by atoms with Crippen LogP contribution in [0.4, 0.5) is 0 Å². The minimum Gasteiger partial charge on any atom is -0.494 e. The van der Waals surface area contributed by atoms with Gasteiger partial charge in [0, 0.05) is 10.1 Å².